The minimum atomic E-state index is -0.282. The Hall–Kier alpha value is -3.58. The number of thiazole rings is 1. The van der Waals surface area contributed by atoms with Gasteiger partial charge in [-0.05, 0) is 66.2 Å². The minimum absolute atomic E-state index is 0.282. The molecule has 0 aliphatic rings. The largest absolute Gasteiger partial charge is 0.493 e. The number of rotatable bonds is 7. The first-order valence-electron chi connectivity index (χ1n) is 11.0. The topological polar surface area (TPSA) is 60.5 Å². The summed E-state index contributed by atoms with van der Waals surface area (Å²) in [6, 6.07) is 25.7. The molecule has 0 radical (unpaired) electrons. The highest BCUT2D eigenvalue weighted by molar-refractivity contribution is 7.21. The maximum Gasteiger partial charge on any atom is 0.255 e. The van der Waals surface area contributed by atoms with E-state index in [0.29, 0.717) is 39.4 Å². The summed E-state index contributed by atoms with van der Waals surface area (Å²) < 4.78 is 12.4. The highest BCUT2D eigenvalue weighted by Gasteiger charge is 2.15. The van der Waals surface area contributed by atoms with Crippen molar-refractivity contribution in [1.82, 2.24) is 4.98 Å². The van der Waals surface area contributed by atoms with Crippen molar-refractivity contribution in [3.05, 3.63) is 106 Å². The average molecular weight is 535 g/mol. The van der Waals surface area contributed by atoms with Crippen molar-refractivity contribution in [2.45, 2.75) is 6.61 Å². The second kappa shape index (κ2) is 10.6. The molecule has 0 aliphatic heterocycles. The first-order chi connectivity index (χ1) is 17.5. The van der Waals surface area contributed by atoms with Crippen molar-refractivity contribution in [2.75, 3.05) is 12.4 Å². The first kappa shape index (κ1) is 24.1. The Kier molecular flexibility index (Phi) is 7.09. The number of methoxy groups -OCH3 is 1. The normalized spacial score (nSPS) is 10.9. The summed E-state index contributed by atoms with van der Waals surface area (Å²) in [5, 5.41) is 4.96. The second-order valence-electron chi connectivity index (χ2n) is 7.92. The Balaban J connectivity index is 1.33. The predicted octanol–water partition coefficient (Wildman–Crippen LogP) is 8.11. The van der Waals surface area contributed by atoms with Gasteiger partial charge in [-0.3, -0.25) is 4.79 Å². The molecule has 5 aromatic rings. The lowest BCUT2D eigenvalue weighted by Crippen LogP contribution is -2.12. The molecule has 8 heteroatoms. The zero-order valence-corrected chi connectivity index (χ0v) is 21.5. The number of amides is 1. The second-order valence-corrected chi connectivity index (χ2v) is 9.79. The minimum Gasteiger partial charge on any atom is -0.493 e. The van der Waals surface area contributed by atoms with Crippen LogP contribution in [0.15, 0.2) is 84.9 Å². The molecule has 5 nitrogen and oxygen atoms in total. The highest BCUT2D eigenvalue weighted by Crippen LogP contribution is 2.36. The molecule has 1 amide bonds. The summed E-state index contributed by atoms with van der Waals surface area (Å²) in [7, 11) is 1.54. The number of halogens is 2. The van der Waals surface area contributed by atoms with Crippen LogP contribution in [0.4, 0.5) is 5.69 Å². The molecule has 180 valence electrons. The van der Waals surface area contributed by atoms with Crippen molar-refractivity contribution in [1.29, 1.82) is 0 Å². The fraction of sp³-hybridized carbons (Fsp3) is 0.0714. The van der Waals surface area contributed by atoms with Crippen LogP contribution in [0.3, 0.4) is 0 Å². The van der Waals surface area contributed by atoms with E-state index in [2.05, 4.69) is 10.3 Å². The Morgan fingerprint density at radius 1 is 0.944 bits per heavy atom. The fourth-order valence-corrected chi connectivity index (χ4v) is 5.01. The van der Waals surface area contributed by atoms with Crippen molar-refractivity contribution in [3.8, 4) is 22.1 Å². The van der Waals surface area contributed by atoms with Gasteiger partial charge in [-0.25, -0.2) is 4.98 Å². The van der Waals surface area contributed by atoms with Crippen molar-refractivity contribution in [2.24, 2.45) is 0 Å². The molecule has 1 aromatic heterocycles. The third-order valence-corrected chi connectivity index (χ3v) is 7.13. The van der Waals surface area contributed by atoms with Crippen molar-refractivity contribution >= 4 is 56.3 Å². The molecule has 5 rings (SSSR count). The molecular formula is C28H20Cl2N2O3S. The average Bonchev–Trinajstić information content (AvgIpc) is 3.33. The number of hydrogen-bond acceptors (Lipinski definition) is 5. The lowest BCUT2D eigenvalue weighted by atomic mass is 10.1. The van der Waals surface area contributed by atoms with E-state index in [9.17, 15) is 4.79 Å². The molecule has 0 unspecified atom stereocenters. The zero-order valence-electron chi connectivity index (χ0n) is 19.1. The number of carbonyl (C=O) groups is 1. The number of nitrogens with zero attached hydrogens (tertiary/aromatic N) is 1. The summed E-state index contributed by atoms with van der Waals surface area (Å²) in [5.74, 6) is 0.714. The standard InChI is InChI=1S/C28H20Cl2N2O3S/c1-34-25-14-18(8-13-24(25)35-16-17-6-9-19(29)10-7-17)27(33)31-20-11-12-22(30)21(15-20)28-32-23-4-2-3-5-26(23)36-28/h2-15H,16H2,1H3,(H,31,33). The monoisotopic (exact) mass is 534 g/mol. The summed E-state index contributed by atoms with van der Waals surface area (Å²) in [4.78, 5) is 17.7. The van der Waals surface area contributed by atoms with Gasteiger partial charge in [-0.1, -0.05) is 47.5 Å². The van der Waals surface area contributed by atoms with Crippen LogP contribution in [0.1, 0.15) is 15.9 Å². The maximum absolute atomic E-state index is 13.0. The Morgan fingerprint density at radius 3 is 2.53 bits per heavy atom. The van der Waals surface area contributed by atoms with E-state index in [1.807, 2.05) is 54.6 Å². The third kappa shape index (κ3) is 5.31. The lowest BCUT2D eigenvalue weighted by Gasteiger charge is -2.13. The number of para-hydroxylation sites is 1. The first-order valence-corrected chi connectivity index (χ1v) is 12.6. The van der Waals surface area contributed by atoms with E-state index in [-0.39, 0.29) is 5.91 Å². The van der Waals surface area contributed by atoms with Crippen LogP contribution in [-0.4, -0.2) is 18.0 Å². The van der Waals surface area contributed by atoms with Gasteiger partial charge >= 0.3 is 0 Å². The van der Waals surface area contributed by atoms with E-state index in [4.69, 9.17) is 32.7 Å². The number of nitrogens with one attached hydrogen (secondary N) is 1. The van der Waals surface area contributed by atoms with Crippen LogP contribution in [0.5, 0.6) is 11.5 Å². The SMILES string of the molecule is COc1cc(C(=O)Nc2ccc(Cl)c(-c3nc4ccccc4s3)c2)ccc1OCc1ccc(Cl)cc1. The van der Waals surface area contributed by atoms with E-state index in [1.54, 1.807) is 41.7 Å². The Bertz CT molecular complexity index is 1520. The van der Waals surface area contributed by atoms with E-state index < -0.39 is 0 Å². The number of fused-ring (bicyclic) bond motifs is 1. The molecule has 0 fully saturated rings. The van der Waals surface area contributed by atoms with Crippen LogP contribution in [0.2, 0.25) is 10.0 Å². The van der Waals surface area contributed by atoms with Gasteiger partial charge in [0.2, 0.25) is 0 Å². The summed E-state index contributed by atoms with van der Waals surface area (Å²) in [6.07, 6.45) is 0. The number of anilines is 1. The van der Waals surface area contributed by atoms with Crippen LogP contribution in [0, 0.1) is 0 Å². The third-order valence-electron chi connectivity index (χ3n) is 5.48. The van der Waals surface area contributed by atoms with Gasteiger partial charge in [0.15, 0.2) is 11.5 Å². The molecule has 0 aliphatic carbocycles. The van der Waals surface area contributed by atoms with Gasteiger partial charge in [0.25, 0.3) is 5.91 Å². The molecule has 0 saturated carbocycles. The quantitative estimate of drug-likeness (QED) is 0.229. The van der Waals surface area contributed by atoms with Gasteiger partial charge in [0, 0.05) is 21.8 Å². The van der Waals surface area contributed by atoms with Crippen LogP contribution >= 0.6 is 34.5 Å². The van der Waals surface area contributed by atoms with Crippen LogP contribution < -0.4 is 14.8 Å². The molecule has 0 atom stereocenters. The molecular weight excluding hydrogens is 515 g/mol. The number of ether oxygens (including phenoxy) is 2. The maximum atomic E-state index is 13.0. The van der Waals surface area contributed by atoms with Crippen LogP contribution in [0.25, 0.3) is 20.8 Å². The molecule has 36 heavy (non-hydrogen) atoms. The summed E-state index contributed by atoms with van der Waals surface area (Å²) in [6.45, 7) is 0.346. The fourth-order valence-electron chi connectivity index (χ4n) is 3.63. The molecule has 0 spiro atoms. The highest BCUT2D eigenvalue weighted by atomic mass is 35.5. The zero-order chi connectivity index (χ0) is 25.1. The van der Waals surface area contributed by atoms with Crippen molar-refractivity contribution in [3.63, 3.8) is 0 Å². The molecule has 4 aromatic carbocycles. The van der Waals surface area contributed by atoms with Crippen LogP contribution in [-0.2, 0) is 6.61 Å². The molecule has 1 N–H and O–H groups in total. The predicted molar refractivity (Wildman–Crippen MR) is 147 cm³/mol. The molecule has 0 saturated heterocycles. The summed E-state index contributed by atoms with van der Waals surface area (Å²) in [5.41, 5.74) is 3.69. The van der Waals surface area contributed by atoms with E-state index >= 15 is 0 Å². The van der Waals surface area contributed by atoms with Gasteiger partial charge < -0.3 is 14.8 Å². The van der Waals surface area contributed by atoms with E-state index in [0.717, 1.165) is 26.4 Å². The molecule has 1 heterocycles. The van der Waals surface area contributed by atoms with Gasteiger partial charge in [0.1, 0.15) is 11.6 Å². The number of benzene rings is 4. The smallest absolute Gasteiger partial charge is 0.255 e. The van der Waals surface area contributed by atoms with Gasteiger partial charge in [-0.2, -0.15) is 0 Å². The lowest BCUT2D eigenvalue weighted by molar-refractivity contribution is 0.102. The number of aromatic nitrogens is 1. The molecule has 0 bridgehead atoms. The summed E-state index contributed by atoms with van der Waals surface area (Å²) >= 11 is 14.0. The van der Waals surface area contributed by atoms with E-state index in [1.165, 1.54) is 7.11 Å². The van der Waals surface area contributed by atoms with Crippen molar-refractivity contribution < 1.29 is 14.3 Å². The van der Waals surface area contributed by atoms with Gasteiger partial charge in [-0.15, -0.1) is 11.3 Å². The number of carbonyl (C=O) groups excluding carboxylic acids is 1. The Morgan fingerprint density at radius 2 is 1.75 bits per heavy atom. The van der Waals surface area contributed by atoms with Gasteiger partial charge in [0.05, 0.1) is 22.3 Å². The Labute approximate surface area is 222 Å². The number of hydrogen-bond donors (Lipinski definition) is 1.